The minimum absolute atomic E-state index is 0.197. The van der Waals surface area contributed by atoms with Crippen LogP contribution in [0, 0.1) is 11.6 Å². The molecule has 1 atom stereocenters. The molecule has 1 aromatic rings. The number of halogens is 4. The van der Waals surface area contributed by atoms with E-state index < -0.39 is 42.1 Å². The number of carbonyl (C=O) groups is 1. The van der Waals surface area contributed by atoms with Crippen molar-refractivity contribution in [3.63, 3.8) is 0 Å². The van der Waals surface area contributed by atoms with Crippen LogP contribution in [0.2, 0.25) is 5.02 Å². The zero-order valence-corrected chi connectivity index (χ0v) is 13.8. The zero-order chi connectivity index (χ0) is 16.5. The molecule has 1 unspecified atom stereocenters. The van der Waals surface area contributed by atoms with Gasteiger partial charge in [-0.1, -0.05) is 18.5 Å². The maximum Gasteiger partial charge on any atom is 0.265 e. The SMILES string of the molecule is CCC(C)N(C)C(=O)c1cc(F)c(F)c(S(=O)(=O)Cl)c1Cl. The molecule has 9 heteroatoms. The van der Waals surface area contributed by atoms with Gasteiger partial charge in [-0.2, -0.15) is 0 Å². The van der Waals surface area contributed by atoms with E-state index in [1.54, 1.807) is 6.92 Å². The van der Waals surface area contributed by atoms with Gasteiger partial charge >= 0.3 is 0 Å². The molecule has 0 bridgehead atoms. The van der Waals surface area contributed by atoms with Crippen molar-refractivity contribution in [3.05, 3.63) is 28.3 Å². The molecule has 0 aromatic heterocycles. The van der Waals surface area contributed by atoms with Gasteiger partial charge < -0.3 is 4.90 Å². The summed E-state index contributed by atoms with van der Waals surface area (Å²) in [6, 6.07) is 0.363. The van der Waals surface area contributed by atoms with Crippen molar-refractivity contribution in [1.82, 2.24) is 4.90 Å². The molecule has 0 aliphatic rings. The van der Waals surface area contributed by atoms with Gasteiger partial charge in [0, 0.05) is 23.8 Å². The Hall–Kier alpha value is -0.920. The summed E-state index contributed by atoms with van der Waals surface area (Å²) in [5, 5.41) is -0.732. The minimum atomic E-state index is -4.64. The Balaban J connectivity index is 3.54. The molecule has 4 nitrogen and oxygen atoms in total. The third kappa shape index (κ3) is 3.64. The van der Waals surface area contributed by atoms with E-state index in [0.717, 1.165) is 0 Å². The molecule has 1 rings (SSSR count). The van der Waals surface area contributed by atoms with Crippen LogP contribution in [-0.2, 0) is 9.05 Å². The lowest BCUT2D eigenvalue weighted by Gasteiger charge is -2.24. The van der Waals surface area contributed by atoms with Gasteiger partial charge in [0.05, 0.1) is 10.6 Å². The molecule has 0 fully saturated rings. The van der Waals surface area contributed by atoms with Crippen molar-refractivity contribution in [2.24, 2.45) is 0 Å². The molecule has 0 spiro atoms. The highest BCUT2D eigenvalue weighted by molar-refractivity contribution is 8.13. The number of hydrogen-bond donors (Lipinski definition) is 0. The van der Waals surface area contributed by atoms with Crippen molar-refractivity contribution in [1.29, 1.82) is 0 Å². The topological polar surface area (TPSA) is 54.5 Å². The molecular weight excluding hydrogens is 347 g/mol. The normalized spacial score (nSPS) is 13.1. The van der Waals surface area contributed by atoms with Crippen LogP contribution < -0.4 is 0 Å². The second-order valence-corrected chi connectivity index (χ2v) is 7.35. The van der Waals surface area contributed by atoms with Crippen LogP contribution in [0.1, 0.15) is 30.6 Å². The van der Waals surface area contributed by atoms with E-state index in [-0.39, 0.29) is 6.04 Å². The number of carbonyl (C=O) groups excluding carboxylic acids is 1. The van der Waals surface area contributed by atoms with Crippen LogP contribution >= 0.6 is 22.3 Å². The predicted octanol–water partition coefficient (Wildman–Crippen LogP) is 3.42. The third-order valence-electron chi connectivity index (χ3n) is 3.16. The highest BCUT2D eigenvalue weighted by atomic mass is 35.7. The van der Waals surface area contributed by atoms with E-state index in [4.69, 9.17) is 22.3 Å². The first-order valence-corrected chi connectivity index (χ1v) is 8.60. The van der Waals surface area contributed by atoms with Crippen LogP contribution in [0.15, 0.2) is 11.0 Å². The summed E-state index contributed by atoms with van der Waals surface area (Å²) in [4.78, 5) is 12.2. The summed E-state index contributed by atoms with van der Waals surface area (Å²) in [5.41, 5.74) is -0.461. The fourth-order valence-corrected chi connectivity index (χ4v) is 3.33. The fraction of sp³-hybridized carbons (Fsp3) is 0.417. The van der Waals surface area contributed by atoms with E-state index >= 15 is 0 Å². The predicted molar refractivity (Wildman–Crippen MR) is 76.3 cm³/mol. The van der Waals surface area contributed by atoms with Crippen LogP contribution in [0.5, 0.6) is 0 Å². The molecule has 0 radical (unpaired) electrons. The highest BCUT2D eigenvalue weighted by Gasteiger charge is 2.30. The average Bonchev–Trinajstić information content (AvgIpc) is 2.38. The number of nitrogens with zero attached hydrogens (tertiary/aromatic N) is 1. The third-order valence-corrected chi connectivity index (χ3v) is 5.00. The van der Waals surface area contributed by atoms with E-state index in [9.17, 15) is 22.0 Å². The molecule has 1 aromatic carbocycles. The Labute approximate surface area is 131 Å². The lowest BCUT2D eigenvalue weighted by Crippen LogP contribution is -2.35. The maximum atomic E-state index is 13.6. The summed E-state index contributed by atoms with van der Waals surface area (Å²) in [5.74, 6) is -3.95. The van der Waals surface area contributed by atoms with E-state index in [1.807, 2.05) is 6.92 Å². The highest BCUT2D eigenvalue weighted by Crippen LogP contribution is 2.33. The summed E-state index contributed by atoms with van der Waals surface area (Å²) >= 11 is 5.74. The molecule has 0 saturated carbocycles. The first kappa shape index (κ1) is 18.1. The molecule has 0 N–H and O–H groups in total. The van der Waals surface area contributed by atoms with Crippen molar-refractivity contribution in [3.8, 4) is 0 Å². The molecule has 0 saturated heterocycles. The van der Waals surface area contributed by atoms with Gasteiger partial charge in [-0.25, -0.2) is 17.2 Å². The first-order chi connectivity index (χ1) is 9.52. The van der Waals surface area contributed by atoms with Gasteiger partial charge in [-0.15, -0.1) is 0 Å². The zero-order valence-electron chi connectivity index (χ0n) is 11.5. The molecule has 21 heavy (non-hydrogen) atoms. The molecule has 118 valence electrons. The minimum Gasteiger partial charge on any atom is -0.339 e. The molecule has 0 aliphatic heterocycles. The summed E-state index contributed by atoms with van der Waals surface area (Å²) in [6.07, 6.45) is 0.615. The average molecular weight is 360 g/mol. The molecule has 0 heterocycles. The summed E-state index contributed by atoms with van der Waals surface area (Å²) in [7, 11) is 1.85. The number of benzene rings is 1. The van der Waals surface area contributed by atoms with E-state index in [0.29, 0.717) is 12.5 Å². The Morgan fingerprint density at radius 1 is 1.43 bits per heavy atom. The Morgan fingerprint density at radius 2 is 1.95 bits per heavy atom. The van der Waals surface area contributed by atoms with Crippen LogP contribution in [0.25, 0.3) is 0 Å². The van der Waals surface area contributed by atoms with Gasteiger partial charge in [0.25, 0.3) is 15.0 Å². The van der Waals surface area contributed by atoms with Crippen molar-refractivity contribution in [2.45, 2.75) is 31.2 Å². The van der Waals surface area contributed by atoms with E-state index in [2.05, 4.69) is 0 Å². The quantitative estimate of drug-likeness (QED) is 0.611. The number of hydrogen-bond acceptors (Lipinski definition) is 3. The van der Waals surface area contributed by atoms with Crippen molar-refractivity contribution < 1.29 is 22.0 Å². The van der Waals surface area contributed by atoms with Gasteiger partial charge in [-0.3, -0.25) is 4.79 Å². The standard InChI is InChI=1S/C12H13Cl2F2NO3S/c1-4-6(2)17(3)12(18)7-5-8(15)10(16)11(9(7)13)21(14,19)20/h5-6H,4H2,1-3H3. The summed E-state index contributed by atoms with van der Waals surface area (Å²) in [6.45, 7) is 3.57. The molecular formula is C12H13Cl2F2NO3S. The largest absolute Gasteiger partial charge is 0.339 e. The smallest absolute Gasteiger partial charge is 0.265 e. The lowest BCUT2D eigenvalue weighted by molar-refractivity contribution is 0.0740. The Morgan fingerprint density at radius 3 is 2.38 bits per heavy atom. The van der Waals surface area contributed by atoms with Crippen LogP contribution in [-0.4, -0.2) is 32.3 Å². The number of rotatable bonds is 4. The monoisotopic (exact) mass is 359 g/mol. The first-order valence-electron chi connectivity index (χ1n) is 5.91. The van der Waals surface area contributed by atoms with Gasteiger partial charge in [-0.05, 0) is 19.4 Å². The second kappa shape index (κ2) is 6.46. The van der Waals surface area contributed by atoms with Gasteiger partial charge in [0.1, 0.15) is 4.90 Å². The molecule has 1 amide bonds. The summed E-state index contributed by atoms with van der Waals surface area (Å²) < 4.78 is 49.7. The maximum absolute atomic E-state index is 13.6. The second-order valence-electron chi connectivity index (χ2n) is 4.47. The van der Waals surface area contributed by atoms with Crippen LogP contribution in [0.4, 0.5) is 8.78 Å². The molecule has 0 aliphatic carbocycles. The van der Waals surface area contributed by atoms with Crippen LogP contribution in [0.3, 0.4) is 0 Å². The van der Waals surface area contributed by atoms with Gasteiger partial charge in [0.2, 0.25) is 0 Å². The van der Waals surface area contributed by atoms with Crippen molar-refractivity contribution in [2.75, 3.05) is 7.05 Å². The van der Waals surface area contributed by atoms with Crippen molar-refractivity contribution >= 4 is 37.2 Å². The fourth-order valence-electron chi connectivity index (χ4n) is 1.61. The van der Waals surface area contributed by atoms with E-state index in [1.165, 1.54) is 11.9 Å². The number of amides is 1. The lowest BCUT2D eigenvalue weighted by atomic mass is 10.1. The Kier molecular flexibility index (Phi) is 5.57. The van der Waals surface area contributed by atoms with Gasteiger partial charge in [0.15, 0.2) is 11.6 Å². The Bertz CT molecular complexity index is 680.